The highest BCUT2D eigenvalue weighted by Gasteiger charge is 2.12. The van der Waals surface area contributed by atoms with Crippen molar-refractivity contribution in [3.8, 4) is 0 Å². The van der Waals surface area contributed by atoms with Crippen LogP contribution in [0.5, 0.6) is 0 Å². The molecule has 0 amide bonds. The van der Waals surface area contributed by atoms with Crippen molar-refractivity contribution >= 4 is 0 Å². The zero-order chi connectivity index (χ0) is 13.5. The molecule has 102 valence electrons. The molecule has 1 heterocycles. The number of hydrogen-bond acceptors (Lipinski definition) is 3. The summed E-state index contributed by atoms with van der Waals surface area (Å²) in [5.74, 6) is 0.243. The molecule has 0 aliphatic carbocycles. The van der Waals surface area contributed by atoms with E-state index in [9.17, 15) is 9.50 Å². The van der Waals surface area contributed by atoms with E-state index < -0.39 is 6.10 Å². The zero-order valence-electron chi connectivity index (χ0n) is 11.4. The summed E-state index contributed by atoms with van der Waals surface area (Å²) in [5.41, 5.74) is 0.539. The predicted molar refractivity (Wildman–Crippen MR) is 70.7 cm³/mol. The third kappa shape index (κ3) is 5.10. The van der Waals surface area contributed by atoms with Crippen LogP contribution in [0, 0.1) is 11.7 Å². The number of halogens is 1. The summed E-state index contributed by atoms with van der Waals surface area (Å²) in [6, 6.07) is 2.87. The van der Waals surface area contributed by atoms with Crippen LogP contribution in [-0.4, -0.2) is 34.6 Å². The first-order valence-electron chi connectivity index (χ1n) is 6.54. The monoisotopic (exact) mass is 254 g/mol. The molecule has 0 bridgehead atoms. The van der Waals surface area contributed by atoms with Crippen molar-refractivity contribution < 1.29 is 9.50 Å². The fourth-order valence-electron chi connectivity index (χ4n) is 1.93. The van der Waals surface area contributed by atoms with Crippen LogP contribution in [-0.2, 0) is 0 Å². The quantitative estimate of drug-likeness (QED) is 0.812. The molecule has 4 heteroatoms. The van der Waals surface area contributed by atoms with Gasteiger partial charge in [-0.2, -0.15) is 0 Å². The first-order chi connectivity index (χ1) is 8.52. The molecular formula is C14H23FN2O. The minimum atomic E-state index is -0.619. The Balaban J connectivity index is 2.44. The molecule has 1 aromatic rings. The summed E-state index contributed by atoms with van der Waals surface area (Å²) in [5, 5.41) is 9.98. The number of hydrogen-bond donors (Lipinski definition) is 1. The van der Waals surface area contributed by atoms with E-state index in [-0.39, 0.29) is 5.82 Å². The van der Waals surface area contributed by atoms with E-state index in [1.807, 2.05) is 0 Å². The normalized spacial score (nSPS) is 13.3. The summed E-state index contributed by atoms with van der Waals surface area (Å²) in [4.78, 5) is 6.20. The number of aromatic nitrogens is 1. The van der Waals surface area contributed by atoms with Crippen molar-refractivity contribution in [3.63, 3.8) is 0 Å². The molecule has 1 aromatic heterocycles. The van der Waals surface area contributed by atoms with Crippen molar-refractivity contribution in [2.75, 3.05) is 19.6 Å². The molecule has 0 radical (unpaired) electrons. The van der Waals surface area contributed by atoms with Gasteiger partial charge >= 0.3 is 0 Å². The number of nitrogens with zero attached hydrogens (tertiary/aromatic N) is 2. The Hall–Kier alpha value is -1.00. The highest BCUT2D eigenvalue weighted by atomic mass is 19.1. The van der Waals surface area contributed by atoms with Gasteiger partial charge in [-0.15, -0.1) is 0 Å². The summed E-state index contributed by atoms with van der Waals surface area (Å²) in [6.45, 7) is 9.31. The van der Waals surface area contributed by atoms with Crippen LogP contribution in [0.3, 0.4) is 0 Å². The molecule has 0 saturated heterocycles. The molecule has 0 aliphatic rings. The Bertz CT molecular complexity index is 340. The Morgan fingerprint density at radius 3 is 2.61 bits per heavy atom. The molecule has 1 unspecified atom stereocenters. The highest BCUT2D eigenvalue weighted by Crippen LogP contribution is 2.15. The van der Waals surface area contributed by atoms with Gasteiger partial charge in [-0.1, -0.05) is 20.8 Å². The van der Waals surface area contributed by atoms with Gasteiger partial charge in [0.05, 0.1) is 18.0 Å². The molecule has 0 spiro atoms. The fourth-order valence-corrected chi connectivity index (χ4v) is 1.93. The van der Waals surface area contributed by atoms with Crippen LogP contribution >= 0.6 is 0 Å². The summed E-state index contributed by atoms with van der Waals surface area (Å²) < 4.78 is 12.7. The highest BCUT2D eigenvalue weighted by molar-refractivity contribution is 5.07. The molecule has 1 rings (SSSR count). The second kappa shape index (κ2) is 7.44. The standard InChI is InChI=1S/C14H23FN2O/c1-4-17(10-11(2)3)8-7-14(18)13-6-5-12(15)9-16-13/h5-6,9,11,14,18H,4,7-8,10H2,1-3H3. The van der Waals surface area contributed by atoms with Crippen molar-refractivity contribution in [2.45, 2.75) is 33.3 Å². The Kier molecular flexibility index (Phi) is 6.22. The number of aliphatic hydroxyl groups excluding tert-OH is 1. The predicted octanol–water partition coefficient (Wildman–Crippen LogP) is 2.62. The molecule has 1 atom stereocenters. The van der Waals surface area contributed by atoms with Crippen LogP contribution in [0.2, 0.25) is 0 Å². The van der Waals surface area contributed by atoms with Crippen LogP contribution in [0.25, 0.3) is 0 Å². The van der Waals surface area contributed by atoms with Gasteiger partial charge in [0.15, 0.2) is 0 Å². The van der Waals surface area contributed by atoms with Crippen LogP contribution < -0.4 is 0 Å². The average molecular weight is 254 g/mol. The van der Waals surface area contributed by atoms with E-state index in [1.54, 1.807) is 6.07 Å². The molecule has 0 aromatic carbocycles. The van der Waals surface area contributed by atoms with Crippen molar-refractivity contribution in [2.24, 2.45) is 5.92 Å². The molecule has 3 nitrogen and oxygen atoms in total. The van der Waals surface area contributed by atoms with Crippen molar-refractivity contribution in [3.05, 3.63) is 29.8 Å². The lowest BCUT2D eigenvalue weighted by molar-refractivity contribution is 0.135. The minimum absolute atomic E-state index is 0.374. The van der Waals surface area contributed by atoms with E-state index in [4.69, 9.17) is 0 Å². The summed E-state index contributed by atoms with van der Waals surface area (Å²) in [7, 11) is 0. The van der Waals surface area contributed by atoms with Gasteiger partial charge in [0.1, 0.15) is 5.82 Å². The largest absolute Gasteiger partial charge is 0.387 e. The molecule has 0 fully saturated rings. The van der Waals surface area contributed by atoms with Gasteiger partial charge in [0.25, 0.3) is 0 Å². The van der Waals surface area contributed by atoms with Crippen molar-refractivity contribution in [1.82, 2.24) is 9.88 Å². The molecular weight excluding hydrogens is 231 g/mol. The second-order valence-corrected chi connectivity index (χ2v) is 4.99. The molecule has 18 heavy (non-hydrogen) atoms. The maximum atomic E-state index is 12.7. The first-order valence-corrected chi connectivity index (χ1v) is 6.54. The SMILES string of the molecule is CCN(CCC(O)c1ccc(F)cn1)CC(C)C. The van der Waals surface area contributed by atoms with Gasteiger partial charge in [-0.25, -0.2) is 4.39 Å². The summed E-state index contributed by atoms with van der Waals surface area (Å²) in [6.07, 6.45) is 1.15. The van der Waals surface area contributed by atoms with Crippen LogP contribution in [0.15, 0.2) is 18.3 Å². The van der Waals surface area contributed by atoms with Crippen LogP contribution in [0.1, 0.15) is 39.0 Å². The lowest BCUT2D eigenvalue weighted by Crippen LogP contribution is -2.29. The zero-order valence-corrected chi connectivity index (χ0v) is 11.4. The fraction of sp³-hybridized carbons (Fsp3) is 0.643. The second-order valence-electron chi connectivity index (χ2n) is 4.99. The maximum absolute atomic E-state index is 12.7. The molecule has 0 aliphatic heterocycles. The number of rotatable bonds is 7. The number of aliphatic hydroxyl groups is 1. The lowest BCUT2D eigenvalue weighted by atomic mass is 10.1. The third-order valence-corrected chi connectivity index (χ3v) is 2.88. The Labute approximate surface area is 109 Å². The number of pyridine rings is 1. The Morgan fingerprint density at radius 2 is 2.11 bits per heavy atom. The third-order valence-electron chi connectivity index (χ3n) is 2.88. The smallest absolute Gasteiger partial charge is 0.141 e. The van der Waals surface area contributed by atoms with E-state index in [0.717, 1.165) is 25.8 Å². The van der Waals surface area contributed by atoms with Gasteiger partial charge in [-0.05, 0) is 31.0 Å². The van der Waals surface area contributed by atoms with Gasteiger partial charge in [0, 0.05) is 13.1 Å². The average Bonchev–Trinajstić information content (AvgIpc) is 2.34. The van der Waals surface area contributed by atoms with Gasteiger partial charge < -0.3 is 10.0 Å². The maximum Gasteiger partial charge on any atom is 0.141 e. The lowest BCUT2D eigenvalue weighted by Gasteiger charge is -2.23. The molecule has 0 saturated carbocycles. The van der Waals surface area contributed by atoms with Crippen LogP contribution in [0.4, 0.5) is 4.39 Å². The Morgan fingerprint density at radius 1 is 1.39 bits per heavy atom. The van der Waals surface area contributed by atoms with Gasteiger partial charge in [0.2, 0.25) is 0 Å². The van der Waals surface area contributed by atoms with Gasteiger partial charge in [-0.3, -0.25) is 4.98 Å². The van der Waals surface area contributed by atoms with Crippen molar-refractivity contribution in [1.29, 1.82) is 0 Å². The van der Waals surface area contributed by atoms with E-state index >= 15 is 0 Å². The van der Waals surface area contributed by atoms with E-state index in [1.165, 1.54) is 6.07 Å². The minimum Gasteiger partial charge on any atom is -0.387 e. The first kappa shape index (κ1) is 15.1. The summed E-state index contributed by atoms with van der Waals surface area (Å²) >= 11 is 0. The topological polar surface area (TPSA) is 36.4 Å². The molecule has 1 N–H and O–H groups in total. The van der Waals surface area contributed by atoms with E-state index in [2.05, 4.69) is 30.7 Å². The van der Waals surface area contributed by atoms with E-state index in [0.29, 0.717) is 18.0 Å².